The molecule has 0 atom stereocenters. The Morgan fingerprint density at radius 3 is 2.28 bits per heavy atom. The maximum Gasteiger partial charge on any atom is 0.573 e. The second-order valence-electron chi connectivity index (χ2n) is 3.38. The highest BCUT2D eigenvalue weighted by molar-refractivity contribution is 9.10. The van der Waals surface area contributed by atoms with E-state index in [0.29, 0.717) is 16.2 Å². The summed E-state index contributed by atoms with van der Waals surface area (Å²) in [6.07, 6.45) is -4.69. The molecule has 18 heavy (non-hydrogen) atoms. The summed E-state index contributed by atoms with van der Waals surface area (Å²) in [5.74, 6) is 0.342. The predicted octanol–water partition coefficient (Wildman–Crippen LogP) is 3.24. The lowest BCUT2D eigenvalue weighted by molar-refractivity contribution is -0.274. The Bertz CT molecular complexity index is 550. The van der Waals surface area contributed by atoms with Crippen molar-refractivity contribution in [1.29, 1.82) is 0 Å². The fourth-order valence-corrected chi connectivity index (χ4v) is 1.81. The van der Waals surface area contributed by atoms with Gasteiger partial charge in [-0.2, -0.15) is 0 Å². The number of nitrogens with zero attached hydrogens (tertiary/aromatic N) is 3. The van der Waals surface area contributed by atoms with Gasteiger partial charge in [0.25, 0.3) is 0 Å². The van der Waals surface area contributed by atoms with Crippen molar-refractivity contribution >= 4 is 15.9 Å². The fourth-order valence-electron chi connectivity index (χ4n) is 1.39. The van der Waals surface area contributed by atoms with Crippen LogP contribution < -0.4 is 4.74 Å². The van der Waals surface area contributed by atoms with Crippen molar-refractivity contribution < 1.29 is 17.9 Å². The van der Waals surface area contributed by atoms with E-state index in [4.69, 9.17) is 0 Å². The molecule has 0 bridgehead atoms. The Hall–Kier alpha value is -1.57. The van der Waals surface area contributed by atoms with Crippen LogP contribution in [0, 0.1) is 6.92 Å². The molecule has 0 spiro atoms. The molecule has 1 aromatic carbocycles. The maximum atomic E-state index is 12.0. The monoisotopic (exact) mass is 321 g/mol. The molecule has 0 aliphatic carbocycles. The lowest BCUT2D eigenvalue weighted by Crippen LogP contribution is -2.17. The van der Waals surface area contributed by atoms with E-state index in [1.807, 2.05) is 0 Å². The summed E-state index contributed by atoms with van der Waals surface area (Å²) in [5, 5.41) is 4.04. The van der Waals surface area contributed by atoms with Crippen LogP contribution in [0.1, 0.15) is 5.82 Å². The summed E-state index contributed by atoms with van der Waals surface area (Å²) in [4.78, 5) is 4.03. The minimum absolute atomic E-state index is 0.275. The standard InChI is InChI=1S/C10H7BrF3N3O/c1-6-15-9(11)16-17(6)7-2-4-8(5-3-7)18-10(12,13)14/h2-5H,1H3. The molecule has 8 heteroatoms. The highest BCUT2D eigenvalue weighted by Gasteiger charge is 2.30. The molecule has 1 aromatic heterocycles. The molecule has 0 aliphatic heterocycles. The van der Waals surface area contributed by atoms with Gasteiger partial charge in [-0.3, -0.25) is 0 Å². The minimum atomic E-state index is -4.69. The van der Waals surface area contributed by atoms with Crippen molar-refractivity contribution in [3.63, 3.8) is 0 Å². The average Bonchev–Trinajstić information content (AvgIpc) is 2.57. The van der Waals surface area contributed by atoms with Gasteiger partial charge in [0.05, 0.1) is 5.69 Å². The van der Waals surface area contributed by atoms with E-state index in [9.17, 15) is 13.2 Å². The Balaban J connectivity index is 2.25. The number of alkyl halides is 3. The number of aryl methyl sites for hydroxylation is 1. The molecule has 0 aliphatic rings. The first kappa shape index (κ1) is 12.9. The van der Waals surface area contributed by atoms with Crippen molar-refractivity contribution in [2.45, 2.75) is 13.3 Å². The molecule has 2 aromatic rings. The smallest absolute Gasteiger partial charge is 0.406 e. The average molecular weight is 322 g/mol. The van der Waals surface area contributed by atoms with Gasteiger partial charge in [-0.15, -0.1) is 18.3 Å². The second-order valence-corrected chi connectivity index (χ2v) is 4.09. The Morgan fingerprint density at radius 1 is 1.22 bits per heavy atom. The van der Waals surface area contributed by atoms with E-state index in [0.717, 1.165) is 0 Å². The first-order valence-corrected chi connectivity index (χ1v) is 5.60. The zero-order valence-electron chi connectivity index (χ0n) is 9.07. The third kappa shape index (κ3) is 3.00. The van der Waals surface area contributed by atoms with E-state index >= 15 is 0 Å². The van der Waals surface area contributed by atoms with Crippen molar-refractivity contribution in [3.8, 4) is 11.4 Å². The Morgan fingerprint density at radius 2 is 1.83 bits per heavy atom. The predicted molar refractivity (Wildman–Crippen MR) is 60.5 cm³/mol. The Labute approximate surface area is 109 Å². The van der Waals surface area contributed by atoms with Gasteiger partial charge < -0.3 is 4.74 Å². The summed E-state index contributed by atoms with van der Waals surface area (Å²) >= 11 is 3.12. The van der Waals surface area contributed by atoms with Crippen molar-refractivity contribution in [2.75, 3.05) is 0 Å². The minimum Gasteiger partial charge on any atom is -0.406 e. The van der Waals surface area contributed by atoms with E-state index in [1.165, 1.54) is 28.9 Å². The van der Waals surface area contributed by atoms with Crippen LogP contribution in [0.2, 0.25) is 0 Å². The van der Waals surface area contributed by atoms with Crippen LogP contribution >= 0.6 is 15.9 Å². The molecule has 0 saturated heterocycles. The van der Waals surface area contributed by atoms with Crippen LogP contribution in [0.15, 0.2) is 29.0 Å². The summed E-state index contributed by atoms with van der Waals surface area (Å²) in [7, 11) is 0. The summed E-state index contributed by atoms with van der Waals surface area (Å²) in [5.41, 5.74) is 0.597. The third-order valence-corrected chi connectivity index (χ3v) is 2.39. The highest BCUT2D eigenvalue weighted by Crippen LogP contribution is 2.23. The number of rotatable bonds is 2. The van der Waals surface area contributed by atoms with Gasteiger partial charge in [0.1, 0.15) is 11.6 Å². The van der Waals surface area contributed by atoms with Crippen LogP contribution in [0.25, 0.3) is 5.69 Å². The van der Waals surface area contributed by atoms with Crippen LogP contribution in [0.3, 0.4) is 0 Å². The summed E-state index contributed by atoms with van der Waals surface area (Å²) in [6.45, 7) is 1.73. The number of aromatic nitrogens is 3. The number of hydrogen-bond acceptors (Lipinski definition) is 3. The molecule has 96 valence electrons. The molecule has 0 saturated carbocycles. The molecular weight excluding hydrogens is 315 g/mol. The molecular formula is C10H7BrF3N3O. The van der Waals surface area contributed by atoms with Crippen LogP contribution in [-0.2, 0) is 0 Å². The zero-order valence-corrected chi connectivity index (χ0v) is 10.7. The molecule has 0 fully saturated rings. The number of hydrogen-bond donors (Lipinski definition) is 0. The van der Waals surface area contributed by atoms with E-state index in [1.54, 1.807) is 6.92 Å². The van der Waals surface area contributed by atoms with Gasteiger partial charge in [-0.1, -0.05) is 0 Å². The summed E-state index contributed by atoms with van der Waals surface area (Å²) < 4.78 is 41.6. The van der Waals surface area contributed by atoms with Crippen molar-refractivity contribution in [3.05, 3.63) is 34.8 Å². The number of ether oxygens (including phenoxy) is 1. The van der Waals surface area contributed by atoms with E-state index in [2.05, 4.69) is 30.7 Å². The van der Waals surface area contributed by atoms with Crippen molar-refractivity contribution in [2.24, 2.45) is 0 Å². The van der Waals surface area contributed by atoms with Gasteiger partial charge in [0.2, 0.25) is 4.73 Å². The first-order chi connectivity index (χ1) is 8.35. The molecule has 0 amide bonds. The largest absolute Gasteiger partial charge is 0.573 e. The fraction of sp³-hybridized carbons (Fsp3) is 0.200. The topological polar surface area (TPSA) is 39.9 Å². The van der Waals surface area contributed by atoms with Gasteiger partial charge in [-0.05, 0) is 47.1 Å². The van der Waals surface area contributed by atoms with Crippen LogP contribution in [-0.4, -0.2) is 21.1 Å². The highest BCUT2D eigenvalue weighted by atomic mass is 79.9. The molecule has 4 nitrogen and oxygen atoms in total. The maximum absolute atomic E-state index is 12.0. The first-order valence-electron chi connectivity index (χ1n) is 4.80. The SMILES string of the molecule is Cc1nc(Br)nn1-c1ccc(OC(F)(F)F)cc1. The molecule has 0 unspecified atom stereocenters. The van der Waals surface area contributed by atoms with Crippen molar-refractivity contribution in [1.82, 2.24) is 14.8 Å². The number of benzene rings is 1. The lowest BCUT2D eigenvalue weighted by atomic mass is 10.3. The van der Waals surface area contributed by atoms with Crippen LogP contribution in [0.5, 0.6) is 5.75 Å². The lowest BCUT2D eigenvalue weighted by Gasteiger charge is -2.09. The molecule has 2 rings (SSSR count). The molecule has 0 N–H and O–H groups in total. The van der Waals surface area contributed by atoms with E-state index in [-0.39, 0.29) is 5.75 Å². The van der Waals surface area contributed by atoms with Gasteiger partial charge in [0.15, 0.2) is 0 Å². The van der Waals surface area contributed by atoms with Gasteiger partial charge >= 0.3 is 6.36 Å². The Kier molecular flexibility index (Phi) is 3.29. The van der Waals surface area contributed by atoms with Gasteiger partial charge in [0, 0.05) is 0 Å². The third-order valence-electron chi connectivity index (χ3n) is 2.06. The van der Waals surface area contributed by atoms with Gasteiger partial charge in [-0.25, -0.2) is 9.67 Å². The molecule has 1 heterocycles. The van der Waals surface area contributed by atoms with Crippen LogP contribution in [0.4, 0.5) is 13.2 Å². The zero-order chi connectivity index (χ0) is 13.3. The van der Waals surface area contributed by atoms with E-state index < -0.39 is 6.36 Å². The second kappa shape index (κ2) is 4.60. The quantitative estimate of drug-likeness (QED) is 0.852. The molecule has 0 radical (unpaired) electrons. The summed E-state index contributed by atoms with van der Waals surface area (Å²) in [6, 6.07) is 5.38. The normalized spacial score (nSPS) is 11.6. The number of halogens is 4.